The molecule has 1 aromatic rings. The van der Waals surface area contributed by atoms with Crippen LogP contribution < -0.4 is 14.9 Å². The molecule has 0 saturated heterocycles. The molecular weight excluding hydrogens is 290 g/mol. The van der Waals surface area contributed by atoms with Gasteiger partial charge in [-0.05, 0) is 24.5 Å². The lowest BCUT2D eigenvalue weighted by molar-refractivity contribution is 0.236. The van der Waals surface area contributed by atoms with Crippen LogP contribution in [0.2, 0.25) is 0 Å². The highest BCUT2D eigenvalue weighted by molar-refractivity contribution is 7.92. The number of sulfonamides is 1. The molecule has 7 heteroatoms. The van der Waals surface area contributed by atoms with Gasteiger partial charge < -0.3 is 10.6 Å². The van der Waals surface area contributed by atoms with E-state index in [-0.39, 0.29) is 12.1 Å². The number of anilines is 1. The van der Waals surface area contributed by atoms with Crippen LogP contribution in [0.15, 0.2) is 24.3 Å². The van der Waals surface area contributed by atoms with Gasteiger partial charge >= 0.3 is 6.03 Å². The lowest BCUT2D eigenvalue weighted by Gasteiger charge is -2.34. The van der Waals surface area contributed by atoms with Gasteiger partial charge in [0.1, 0.15) is 0 Å². The predicted octanol–water partition coefficient (Wildman–Crippen LogP) is 1.61. The molecule has 0 aliphatic carbocycles. The van der Waals surface area contributed by atoms with E-state index in [0.29, 0.717) is 25.2 Å². The lowest BCUT2D eigenvalue weighted by atomic mass is 9.98. The van der Waals surface area contributed by atoms with Crippen molar-refractivity contribution in [2.45, 2.75) is 25.8 Å². The first-order valence-corrected chi connectivity index (χ1v) is 8.89. The number of rotatable bonds is 4. The third kappa shape index (κ3) is 3.66. The lowest BCUT2D eigenvalue weighted by Crippen LogP contribution is -2.43. The Morgan fingerprint density at radius 3 is 2.76 bits per heavy atom. The van der Waals surface area contributed by atoms with E-state index in [1.54, 1.807) is 12.1 Å². The number of fused-ring (bicyclic) bond motifs is 1. The van der Waals surface area contributed by atoms with Gasteiger partial charge in [0.2, 0.25) is 10.0 Å². The molecule has 0 aromatic heterocycles. The summed E-state index contributed by atoms with van der Waals surface area (Å²) in [5.41, 5.74) is 1.48. The zero-order chi connectivity index (χ0) is 15.5. The van der Waals surface area contributed by atoms with E-state index in [1.165, 1.54) is 10.6 Å². The molecule has 1 atom stereocenters. The molecule has 0 radical (unpaired) electrons. The molecule has 116 valence electrons. The Bertz CT molecular complexity index is 616. The van der Waals surface area contributed by atoms with Gasteiger partial charge in [-0.1, -0.05) is 25.1 Å². The summed E-state index contributed by atoms with van der Waals surface area (Å²) in [6, 6.07) is 6.89. The highest BCUT2D eigenvalue weighted by Gasteiger charge is 2.30. The monoisotopic (exact) mass is 311 g/mol. The molecule has 6 nitrogen and oxygen atoms in total. The van der Waals surface area contributed by atoms with E-state index in [9.17, 15) is 13.2 Å². The molecule has 2 amide bonds. The smallest absolute Gasteiger partial charge is 0.315 e. The number of carbonyl (C=O) groups excluding carboxylic acids is 1. The Labute approximate surface area is 125 Å². The largest absolute Gasteiger partial charge is 0.338 e. The van der Waals surface area contributed by atoms with Gasteiger partial charge in [-0.25, -0.2) is 13.2 Å². The highest BCUT2D eigenvalue weighted by atomic mass is 32.2. The molecule has 2 rings (SSSR count). The number of amides is 2. The second kappa shape index (κ2) is 6.34. The van der Waals surface area contributed by atoms with Crippen molar-refractivity contribution in [3.8, 4) is 0 Å². The molecule has 21 heavy (non-hydrogen) atoms. The van der Waals surface area contributed by atoms with Crippen molar-refractivity contribution in [3.05, 3.63) is 29.8 Å². The molecule has 2 N–H and O–H groups in total. The first-order valence-electron chi connectivity index (χ1n) is 7.04. The zero-order valence-electron chi connectivity index (χ0n) is 12.3. The normalized spacial score (nSPS) is 18.0. The summed E-state index contributed by atoms with van der Waals surface area (Å²) < 4.78 is 25.1. The van der Waals surface area contributed by atoms with Crippen LogP contribution in [-0.4, -0.2) is 33.8 Å². The maximum Gasteiger partial charge on any atom is 0.315 e. The SMILES string of the molecule is CCCNC(=O)NC1CCN(S(C)(=O)=O)c2ccccc21. The molecule has 0 saturated carbocycles. The van der Waals surface area contributed by atoms with Crippen molar-refractivity contribution in [1.29, 1.82) is 0 Å². The fourth-order valence-electron chi connectivity index (χ4n) is 2.47. The first-order chi connectivity index (χ1) is 9.93. The maximum atomic E-state index is 11.8. The minimum Gasteiger partial charge on any atom is -0.338 e. The Morgan fingerprint density at radius 1 is 1.38 bits per heavy atom. The van der Waals surface area contributed by atoms with E-state index in [1.807, 2.05) is 19.1 Å². The van der Waals surface area contributed by atoms with Crippen molar-refractivity contribution < 1.29 is 13.2 Å². The summed E-state index contributed by atoms with van der Waals surface area (Å²) in [6.07, 6.45) is 2.63. The van der Waals surface area contributed by atoms with Gasteiger partial charge in [-0.15, -0.1) is 0 Å². The fraction of sp³-hybridized carbons (Fsp3) is 0.500. The number of hydrogen-bond donors (Lipinski definition) is 2. The van der Waals surface area contributed by atoms with Gasteiger partial charge in [0, 0.05) is 13.1 Å². The van der Waals surface area contributed by atoms with Crippen LogP contribution in [-0.2, 0) is 10.0 Å². The molecule has 0 fully saturated rings. The van der Waals surface area contributed by atoms with E-state index in [0.717, 1.165) is 12.0 Å². The summed E-state index contributed by atoms with van der Waals surface area (Å²) in [6.45, 7) is 2.98. The Hall–Kier alpha value is -1.76. The summed E-state index contributed by atoms with van der Waals surface area (Å²) in [5.74, 6) is 0. The molecule has 0 spiro atoms. The topological polar surface area (TPSA) is 78.5 Å². The van der Waals surface area contributed by atoms with E-state index < -0.39 is 10.0 Å². The van der Waals surface area contributed by atoms with Crippen LogP contribution in [0.5, 0.6) is 0 Å². The van der Waals surface area contributed by atoms with Crippen molar-refractivity contribution in [3.63, 3.8) is 0 Å². The van der Waals surface area contributed by atoms with Gasteiger partial charge in [-0.3, -0.25) is 4.31 Å². The third-order valence-electron chi connectivity index (χ3n) is 3.44. The van der Waals surface area contributed by atoms with Gasteiger partial charge in [0.15, 0.2) is 0 Å². The molecule has 1 aliphatic rings. The molecule has 1 unspecified atom stereocenters. The average molecular weight is 311 g/mol. The third-order valence-corrected chi connectivity index (χ3v) is 4.62. The van der Waals surface area contributed by atoms with E-state index in [2.05, 4.69) is 10.6 Å². The van der Waals surface area contributed by atoms with E-state index in [4.69, 9.17) is 0 Å². The summed E-state index contributed by atoms with van der Waals surface area (Å²) in [4.78, 5) is 11.8. The Balaban J connectivity index is 2.22. The second-order valence-corrected chi connectivity index (χ2v) is 7.04. The molecular formula is C14H21N3O3S. The summed E-state index contributed by atoms with van der Waals surface area (Å²) in [5, 5.41) is 5.68. The van der Waals surface area contributed by atoms with Crippen LogP contribution >= 0.6 is 0 Å². The standard InChI is InChI=1S/C14H21N3O3S/c1-3-9-15-14(18)16-12-8-10-17(21(2,19)20)13-7-5-4-6-11(12)13/h4-7,12H,3,8-10H2,1-2H3,(H2,15,16,18). The van der Waals surface area contributed by atoms with Gasteiger partial charge in [0.25, 0.3) is 0 Å². The number of nitrogens with zero attached hydrogens (tertiary/aromatic N) is 1. The van der Waals surface area contributed by atoms with Crippen LogP contribution in [0.25, 0.3) is 0 Å². The number of nitrogens with one attached hydrogen (secondary N) is 2. The van der Waals surface area contributed by atoms with Crippen molar-refractivity contribution in [1.82, 2.24) is 10.6 Å². The average Bonchev–Trinajstić information content (AvgIpc) is 2.44. The van der Waals surface area contributed by atoms with Crippen molar-refractivity contribution in [2.24, 2.45) is 0 Å². The zero-order valence-corrected chi connectivity index (χ0v) is 13.1. The first kappa shape index (κ1) is 15.6. The number of hydrogen-bond acceptors (Lipinski definition) is 3. The fourth-order valence-corrected chi connectivity index (χ4v) is 3.43. The second-order valence-electron chi connectivity index (χ2n) is 5.14. The minimum absolute atomic E-state index is 0.170. The van der Waals surface area contributed by atoms with Gasteiger partial charge in [0.05, 0.1) is 18.0 Å². The quantitative estimate of drug-likeness (QED) is 0.886. The van der Waals surface area contributed by atoms with Gasteiger partial charge in [-0.2, -0.15) is 0 Å². The van der Waals surface area contributed by atoms with Crippen molar-refractivity contribution >= 4 is 21.7 Å². The number of para-hydroxylation sites is 1. The molecule has 1 heterocycles. The number of urea groups is 1. The van der Waals surface area contributed by atoms with Crippen LogP contribution in [0, 0.1) is 0 Å². The molecule has 0 bridgehead atoms. The van der Waals surface area contributed by atoms with Crippen molar-refractivity contribution in [2.75, 3.05) is 23.7 Å². The Kier molecular flexibility index (Phi) is 4.72. The summed E-state index contributed by atoms with van der Waals surface area (Å²) >= 11 is 0. The Morgan fingerprint density at radius 2 is 2.10 bits per heavy atom. The minimum atomic E-state index is -3.30. The maximum absolute atomic E-state index is 11.8. The van der Waals surface area contributed by atoms with Crippen LogP contribution in [0.1, 0.15) is 31.4 Å². The van der Waals surface area contributed by atoms with E-state index >= 15 is 0 Å². The highest BCUT2D eigenvalue weighted by Crippen LogP contribution is 2.34. The van der Waals surface area contributed by atoms with Crippen LogP contribution in [0.4, 0.5) is 10.5 Å². The predicted molar refractivity (Wildman–Crippen MR) is 82.8 cm³/mol. The van der Waals surface area contributed by atoms with Crippen LogP contribution in [0.3, 0.4) is 0 Å². The molecule has 1 aromatic carbocycles. The number of carbonyl (C=O) groups is 1. The summed E-state index contributed by atoms with van der Waals surface area (Å²) in [7, 11) is -3.30. The molecule has 1 aliphatic heterocycles. The number of benzene rings is 1.